The van der Waals surface area contributed by atoms with Gasteiger partial charge < -0.3 is 14.8 Å². The highest BCUT2D eigenvalue weighted by Crippen LogP contribution is 2.20. The summed E-state index contributed by atoms with van der Waals surface area (Å²) in [6.45, 7) is 6.31. The summed E-state index contributed by atoms with van der Waals surface area (Å²) >= 11 is 0. The molecule has 1 aliphatic rings. The van der Waals surface area contributed by atoms with Crippen LogP contribution in [0.3, 0.4) is 0 Å². The fourth-order valence-electron chi connectivity index (χ4n) is 2.31. The van der Waals surface area contributed by atoms with Gasteiger partial charge in [0.05, 0.1) is 18.8 Å². The molecule has 1 aromatic carbocycles. The molecule has 2 atom stereocenters. The second kappa shape index (κ2) is 7.29. The van der Waals surface area contributed by atoms with Gasteiger partial charge in [-0.15, -0.1) is 0 Å². The number of carbonyl (C=O) groups is 1. The maximum Gasteiger partial charge on any atom is 0.338 e. The van der Waals surface area contributed by atoms with Crippen LogP contribution in [0.1, 0.15) is 37.0 Å². The topological polar surface area (TPSA) is 47.6 Å². The summed E-state index contributed by atoms with van der Waals surface area (Å²) in [4.78, 5) is 11.7. The Morgan fingerprint density at radius 1 is 1.45 bits per heavy atom. The third-order valence-electron chi connectivity index (χ3n) is 3.62. The molecule has 1 fully saturated rings. The number of rotatable bonds is 6. The number of ether oxygens (including phenoxy) is 2. The van der Waals surface area contributed by atoms with Gasteiger partial charge in [0.2, 0.25) is 0 Å². The quantitative estimate of drug-likeness (QED) is 0.812. The Labute approximate surface area is 120 Å². The minimum atomic E-state index is -0.254. The van der Waals surface area contributed by atoms with Crippen LogP contribution in [0.15, 0.2) is 24.3 Å². The van der Waals surface area contributed by atoms with E-state index in [2.05, 4.69) is 12.2 Å². The van der Waals surface area contributed by atoms with E-state index >= 15 is 0 Å². The number of anilines is 1. The minimum Gasteiger partial charge on any atom is -0.462 e. The van der Waals surface area contributed by atoms with Crippen LogP contribution in [0.5, 0.6) is 0 Å². The first kappa shape index (κ1) is 14.9. The molecular formula is C16H23NO3. The Hall–Kier alpha value is -1.55. The Kier molecular flexibility index (Phi) is 5.41. The van der Waals surface area contributed by atoms with Crippen molar-refractivity contribution in [2.45, 2.75) is 32.7 Å². The lowest BCUT2D eigenvalue weighted by Gasteiger charge is -2.20. The average molecular weight is 277 g/mol. The minimum absolute atomic E-state index is 0.254. The van der Waals surface area contributed by atoms with Crippen molar-refractivity contribution in [3.05, 3.63) is 29.8 Å². The van der Waals surface area contributed by atoms with Gasteiger partial charge in [-0.2, -0.15) is 0 Å². The first-order chi connectivity index (χ1) is 9.70. The predicted molar refractivity (Wildman–Crippen MR) is 79.0 cm³/mol. The lowest BCUT2D eigenvalue weighted by Crippen LogP contribution is -2.26. The number of esters is 1. The van der Waals surface area contributed by atoms with Crippen LogP contribution < -0.4 is 5.32 Å². The molecule has 1 saturated heterocycles. The molecule has 0 spiro atoms. The molecule has 0 aliphatic carbocycles. The zero-order chi connectivity index (χ0) is 14.4. The van der Waals surface area contributed by atoms with Crippen molar-refractivity contribution in [1.82, 2.24) is 0 Å². The predicted octanol–water partition coefficient (Wildman–Crippen LogP) is 3.09. The Morgan fingerprint density at radius 2 is 2.20 bits per heavy atom. The Balaban J connectivity index is 1.89. The molecule has 110 valence electrons. The van der Waals surface area contributed by atoms with Crippen LogP contribution in [0.2, 0.25) is 0 Å². The highest BCUT2D eigenvalue weighted by molar-refractivity contribution is 5.89. The van der Waals surface area contributed by atoms with E-state index in [0.717, 1.165) is 31.7 Å². The van der Waals surface area contributed by atoms with Crippen LogP contribution in [-0.2, 0) is 9.47 Å². The molecule has 1 aromatic rings. The van der Waals surface area contributed by atoms with Crippen molar-refractivity contribution in [3.63, 3.8) is 0 Å². The van der Waals surface area contributed by atoms with Crippen molar-refractivity contribution in [2.75, 3.05) is 25.1 Å². The third kappa shape index (κ3) is 3.97. The molecular weight excluding hydrogens is 254 g/mol. The highest BCUT2D eigenvalue weighted by atomic mass is 16.5. The van der Waals surface area contributed by atoms with Crippen LogP contribution >= 0.6 is 0 Å². The average Bonchev–Trinajstić information content (AvgIpc) is 3.00. The monoisotopic (exact) mass is 277 g/mol. The molecule has 1 aliphatic heterocycles. The molecule has 0 bridgehead atoms. The molecule has 4 heteroatoms. The van der Waals surface area contributed by atoms with E-state index in [1.54, 1.807) is 12.1 Å². The normalized spacial score (nSPS) is 19.6. The van der Waals surface area contributed by atoms with Gasteiger partial charge in [0.25, 0.3) is 0 Å². The van der Waals surface area contributed by atoms with Crippen molar-refractivity contribution < 1.29 is 14.3 Å². The fraction of sp³-hybridized carbons (Fsp3) is 0.562. The smallest absolute Gasteiger partial charge is 0.338 e. The molecule has 1 N–H and O–H groups in total. The van der Waals surface area contributed by atoms with Gasteiger partial charge in [0.1, 0.15) is 0 Å². The van der Waals surface area contributed by atoms with E-state index in [4.69, 9.17) is 9.47 Å². The van der Waals surface area contributed by atoms with E-state index in [0.29, 0.717) is 24.1 Å². The van der Waals surface area contributed by atoms with Gasteiger partial charge in [0.15, 0.2) is 0 Å². The number of benzene rings is 1. The Morgan fingerprint density at radius 3 is 2.80 bits per heavy atom. The van der Waals surface area contributed by atoms with Crippen molar-refractivity contribution in [3.8, 4) is 0 Å². The maximum absolute atomic E-state index is 11.7. The summed E-state index contributed by atoms with van der Waals surface area (Å²) in [6.07, 6.45) is 1.95. The van der Waals surface area contributed by atoms with E-state index in [9.17, 15) is 4.79 Å². The molecule has 2 rings (SSSR count). The Bertz CT molecular complexity index is 424. The van der Waals surface area contributed by atoms with Gasteiger partial charge in [-0.3, -0.25) is 0 Å². The molecule has 1 heterocycles. The first-order valence-corrected chi connectivity index (χ1v) is 7.32. The summed E-state index contributed by atoms with van der Waals surface area (Å²) < 4.78 is 10.5. The van der Waals surface area contributed by atoms with E-state index in [1.165, 1.54) is 0 Å². The van der Waals surface area contributed by atoms with Crippen molar-refractivity contribution in [1.29, 1.82) is 0 Å². The molecule has 0 amide bonds. The van der Waals surface area contributed by atoms with Gasteiger partial charge in [-0.05, 0) is 44.0 Å². The summed E-state index contributed by atoms with van der Waals surface area (Å²) in [6, 6.07) is 7.83. The van der Waals surface area contributed by atoms with Crippen molar-refractivity contribution >= 4 is 11.7 Å². The van der Waals surface area contributed by atoms with E-state index < -0.39 is 0 Å². The number of hydrogen-bond donors (Lipinski definition) is 1. The van der Waals surface area contributed by atoms with Crippen LogP contribution in [0.25, 0.3) is 0 Å². The molecule has 0 aromatic heterocycles. The van der Waals surface area contributed by atoms with Gasteiger partial charge >= 0.3 is 5.97 Å². The zero-order valence-electron chi connectivity index (χ0n) is 12.2. The SMILES string of the molecule is CCCOC(=O)c1ccc(NC(C)C2CCOC2)cc1. The summed E-state index contributed by atoms with van der Waals surface area (Å²) in [5.74, 6) is 0.305. The van der Waals surface area contributed by atoms with E-state index in [-0.39, 0.29) is 5.97 Å². The zero-order valence-corrected chi connectivity index (χ0v) is 12.2. The van der Waals surface area contributed by atoms with Gasteiger partial charge in [0, 0.05) is 24.3 Å². The van der Waals surface area contributed by atoms with Gasteiger partial charge in [-0.1, -0.05) is 6.92 Å². The molecule has 2 unspecified atom stereocenters. The molecule has 4 nitrogen and oxygen atoms in total. The molecule has 20 heavy (non-hydrogen) atoms. The number of hydrogen-bond acceptors (Lipinski definition) is 4. The molecule has 0 saturated carbocycles. The van der Waals surface area contributed by atoms with Crippen LogP contribution in [0.4, 0.5) is 5.69 Å². The second-order valence-electron chi connectivity index (χ2n) is 5.27. The molecule has 0 radical (unpaired) electrons. The number of carbonyl (C=O) groups excluding carboxylic acids is 1. The summed E-state index contributed by atoms with van der Waals surface area (Å²) in [7, 11) is 0. The third-order valence-corrected chi connectivity index (χ3v) is 3.62. The van der Waals surface area contributed by atoms with Crippen LogP contribution in [0, 0.1) is 5.92 Å². The lowest BCUT2D eigenvalue weighted by atomic mass is 10.0. The maximum atomic E-state index is 11.7. The number of nitrogens with one attached hydrogen (secondary N) is 1. The van der Waals surface area contributed by atoms with E-state index in [1.807, 2.05) is 19.1 Å². The fourth-order valence-corrected chi connectivity index (χ4v) is 2.31. The standard InChI is InChI=1S/C16H23NO3/c1-3-9-20-16(18)13-4-6-15(7-5-13)17-12(2)14-8-10-19-11-14/h4-7,12,14,17H,3,8-11H2,1-2H3. The second-order valence-corrected chi connectivity index (χ2v) is 5.27. The van der Waals surface area contributed by atoms with Gasteiger partial charge in [-0.25, -0.2) is 4.79 Å². The first-order valence-electron chi connectivity index (χ1n) is 7.32. The lowest BCUT2D eigenvalue weighted by molar-refractivity contribution is 0.0505. The summed E-state index contributed by atoms with van der Waals surface area (Å²) in [5.41, 5.74) is 1.62. The summed E-state index contributed by atoms with van der Waals surface area (Å²) in [5, 5.41) is 3.46. The highest BCUT2D eigenvalue weighted by Gasteiger charge is 2.22. The largest absolute Gasteiger partial charge is 0.462 e. The van der Waals surface area contributed by atoms with Crippen molar-refractivity contribution in [2.24, 2.45) is 5.92 Å². The van der Waals surface area contributed by atoms with Crippen LogP contribution in [-0.4, -0.2) is 31.8 Å².